The predicted molar refractivity (Wildman–Crippen MR) is 113 cm³/mol. The Hall–Kier alpha value is -3.60. The zero-order valence-electron chi connectivity index (χ0n) is 17.6. The van der Waals surface area contributed by atoms with Gasteiger partial charge < -0.3 is 10.5 Å². The van der Waals surface area contributed by atoms with E-state index >= 15 is 4.39 Å². The molecule has 2 heterocycles. The first kappa shape index (κ1) is 22.2. The third-order valence-corrected chi connectivity index (χ3v) is 5.89. The van der Waals surface area contributed by atoms with Gasteiger partial charge in [0.05, 0.1) is 11.4 Å². The van der Waals surface area contributed by atoms with Crippen LogP contribution in [-0.2, 0) is 0 Å². The molecule has 1 aliphatic carbocycles. The molecule has 6 nitrogen and oxygen atoms in total. The summed E-state index contributed by atoms with van der Waals surface area (Å²) in [5.41, 5.74) is 6.99. The maximum Gasteiger partial charge on any atom is 0.204 e. The van der Waals surface area contributed by atoms with Crippen molar-refractivity contribution in [2.45, 2.75) is 37.8 Å². The third kappa shape index (κ3) is 3.85. The van der Waals surface area contributed by atoms with Crippen molar-refractivity contribution in [1.82, 2.24) is 19.7 Å². The van der Waals surface area contributed by atoms with E-state index in [0.717, 1.165) is 25.3 Å². The van der Waals surface area contributed by atoms with Gasteiger partial charge in [0.25, 0.3) is 0 Å². The lowest BCUT2D eigenvalue weighted by atomic mass is 9.92. The van der Waals surface area contributed by atoms with Crippen LogP contribution in [0.3, 0.4) is 0 Å². The first-order valence-corrected chi connectivity index (χ1v) is 10.6. The fraction of sp³-hybridized carbons (Fsp3) is 0.261. The lowest BCUT2D eigenvalue weighted by Crippen LogP contribution is -2.29. The number of aromatic nitrogens is 4. The topological polar surface area (TPSA) is 78.9 Å². The Balaban J connectivity index is 1.53. The average molecular weight is 475 g/mol. The molecule has 2 aromatic carbocycles. The van der Waals surface area contributed by atoms with Crippen LogP contribution in [0.4, 0.5) is 22.0 Å². The van der Waals surface area contributed by atoms with Crippen LogP contribution >= 0.6 is 0 Å². The normalized spacial score (nSPS) is 18.4. The molecule has 1 saturated carbocycles. The van der Waals surface area contributed by atoms with E-state index in [4.69, 9.17) is 10.5 Å². The van der Waals surface area contributed by atoms with Crippen molar-refractivity contribution in [2.24, 2.45) is 5.73 Å². The van der Waals surface area contributed by atoms with E-state index in [-0.39, 0.29) is 35.2 Å². The quantitative estimate of drug-likeness (QED) is 0.315. The monoisotopic (exact) mass is 475 g/mol. The second-order valence-electron chi connectivity index (χ2n) is 8.17. The lowest BCUT2D eigenvalue weighted by molar-refractivity contribution is 0.306. The largest absolute Gasteiger partial charge is 0.451 e. The Labute approximate surface area is 190 Å². The molecular weight excluding hydrogens is 457 g/mol. The predicted octanol–water partition coefficient (Wildman–Crippen LogP) is 5.42. The molecular formula is C23H18F5N5O. The van der Waals surface area contributed by atoms with Crippen LogP contribution in [0, 0.1) is 29.1 Å². The molecule has 4 aromatic rings. The minimum absolute atomic E-state index is 0.00519. The number of benzene rings is 2. The summed E-state index contributed by atoms with van der Waals surface area (Å²) in [5, 5.41) is 5.11. The highest BCUT2D eigenvalue weighted by molar-refractivity contribution is 5.90. The third-order valence-electron chi connectivity index (χ3n) is 5.89. The zero-order valence-corrected chi connectivity index (χ0v) is 17.6. The first-order valence-electron chi connectivity index (χ1n) is 10.6. The minimum Gasteiger partial charge on any atom is -0.451 e. The molecule has 1 aliphatic rings. The van der Waals surface area contributed by atoms with E-state index in [1.807, 2.05) is 0 Å². The molecule has 1 fully saturated rings. The molecule has 0 bridgehead atoms. The van der Waals surface area contributed by atoms with E-state index in [9.17, 15) is 17.6 Å². The van der Waals surface area contributed by atoms with E-state index in [2.05, 4.69) is 15.1 Å². The summed E-state index contributed by atoms with van der Waals surface area (Å²) < 4.78 is 76.5. The van der Waals surface area contributed by atoms with E-state index in [1.54, 1.807) is 4.68 Å². The second kappa shape index (κ2) is 8.64. The maximum atomic E-state index is 15.1. The SMILES string of the molecule is NC1CCCC(n2nc(-c3ccc(Oc4c(F)c(F)cc(F)c4F)cc3F)c3cncnc32)C1. The van der Waals surface area contributed by atoms with Crippen molar-refractivity contribution >= 4 is 11.0 Å². The number of rotatable bonds is 4. The molecule has 2 N–H and O–H groups in total. The lowest BCUT2D eigenvalue weighted by Gasteiger charge is -2.26. The second-order valence-corrected chi connectivity index (χ2v) is 8.17. The Kier molecular flexibility index (Phi) is 5.64. The highest BCUT2D eigenvalue weighted by Gasteiger charge is 2.26. The number of fused-ring (bicyclic) bond motifs is 1. The molecule has 11 heteroatoms. The molecule has 34 heavy (non-hydrogen) atoms. The summed E-state index contributed by atoms with van der Waals surface area (Å²) in [4.78, 5) is 8.33. The van der Waals surface area contributed by atoms with Gasteiger partial charge in [0, 0.05) is 29.9 Å². The van der Waals surface area contributed by atoms with Crippen LogP contribution in [0.1, 0.15) is 31.7 Å². The standard InChI is InChI=1S/C23H18F5N5O/c24-16-7-13(34-22-19(27)17(25)8-18(26)20(22)28)4-5-14(16)21-15-9-30-10-31-23(15)33(32-21)12-3-1-2-11(29)6-12/h4-5,7-12H,1-3,6,29H2. The van der Waals surface area contributed by atoms with Crippen LogP contribution in [0.2, 0.25) is 0 Å². The minimum atomic E-state index is -1.73. The maximum absolute atomic E-state index is 15.1. The number of ether oxygens (including phenoxy) is 1. The Morgan fingerprint density at radius 1 is 0.971 bits per heavy atom. The Bertz CT molecular complexity index is 1370. The van der Waals surface area contributed by atoms with Crippen molar-refractivity contribution in [3.63, 3.8) is 0 Å². The van der Waals surface area contributed by atoms with Gasteiger partial charge in [-0.2, -0.15) is 13.9 Å². The molecule has 2 aromatic heterocycles. The summed E-state index contributed by atoms with van der Waals surface area (Å²) in [6.07, 6.45) is 6.31. The van der Waals surface area contributed by atoms with E-state index in [0.29, 0.717) is 17.5 Å². The number of hydrogen-bond acceptors (Lipinski definition) is 5. The number of nitrogens with two attached hydrogens (primary N) is 1. The number of hydrogen-bond donors (Lipinski definition) is 1. The van der Waals surface area contributed by atoms with Crippen molar-refractivity contribution in [1.29, 1.82) is 0 Å². The summed E-state index contributed by atoms with van der Waals surface area (Å²) in [5.74, 6) is -9.21. The fourth-order valence-electron chi connectivity index (χ4n) is 4.27. The summed E-state index contributed by atoms with van der Waals surface area (Å²) in [6, 6.07) is 3.44. The molecule has 0 spiro atoms. The van der Waals surface area contributed by atoms with Crippen molar-refractivity contribution in [3.05, 3.63) is 65.9 Å². The van der Waals surface area contributed by atoms with Crippen LogP contribution in [0.5, 0.6) is 11.5 Å². The highest BCUT2D eigenvalue weighted by atomic mass is 19.2. The summed E-state index contributed by atoms with van der Waals surface area (Å²) >= 11 is 0. The van der Waals surface area contributed by atoms with Crippen molar-refractivity contribution in [2.75, 3.05) is 0 Å². The van der Waals surface area contributed by atoms with E-state index < -0.39 is 34.8 Å². The van der Waals surface area contributed by atoms with Gasteiger partial charge in [-0.3, -0.25) is 0 Å². The molecule has 0 aliphatic heterocycles. The van der Waals surface area contributed by atoms with Gasteiger partial charge in [-0.1, -0.05) is 0 Å². The van der Waals surface area contributed by atoms with Gasteiger partial charge in [-0.25, -0.2) is 27.8 Å². The van der Waals surface area contributed by atoms with Crippen molar-refractivity contribution in [3.8, 4) is 22.8 Å². The van der Waals surface area contributed by atoms with Gasteiger partial charge in [0.15, 0.2) is 17.3 Å². The molecule has 0 radical (unpaired) electrons. The van der Waals surface area contributed by atoms with Gasteiger partial charge in [-0.05, 0) is 37.8 Å². The Morgan fingerprint density at radius 2 is 1.74 bits per heavy atom. The van der Waals surface area contributed by atoms with Gasteiger partial charge in [0.1, 0.15) is 23.6 Å². The average Bonchev–Trinajstić information content (AvgIpc) is 3.20. The molecule has 5 rings (SSSR count). The van der Waals surface area contributed by atoms with Gasteiger partial charge in [-0.15, -0.1) is 0 Å². The fourth-order valence-corrected chi connectivity index (χ4v) is 4.27. The molecule has 0 saturated heterocycles. The first-order chi connectivity index (χ1) is 16.3. The van der Waals surface area contributed by atoms with Crippen molar-refractivity contribution < 1.29 is 26.7 Å². The molecule has 0 amide bonds. The Morgan fingerprint density at radius 3 is 2.44 bits per heavy atom. The summed E-state index contributed by atoms with van der Waals surface area (Å²) in [7, 11) is 0. The summed E-state index contributed by atoms with van der Waals surface area (Å²) in [6.45, 7) is 0. The highest BCUT2D eigenvalue weighted by Crippen LogP contribution is 2.37. The smallest absolute Gasteiger partial charge is 0.204 e. The molecule has 2 atom stereocenters. The van der Waals surface area contributed by atoms with Crippen LogP contribution < -0.4 is 10.5 Å². The van der Waals surface area contributed by atoms with Gasteiger partial charge >= 0.3 is 0 Å². The van der Waals surface area contributed by atoms with E-state index in [1.165, 1.54) is 24.7 Å². The number of nitrogens with zero attached hydrogens (tertiary/aromatic N) is 4. The van der Waals surface area contributed by atoms with Gasteiger partial charge in [0.2, 0.25) is 17.4 Å². The molecule has 2 unspecified atom stereocenters. The number of halogens is 5. The van der Waals surface area contributed by atoms with Crippen LogP contribution in [-0.4, -0.2) is 25.8 Å². The van der Waals surface area contributed by atoms with Crippen LogP contribution in [0.15, 0.2) is 36.8 Å². The van der Waals surface area contributed by atoms with Crippen LogP contribution in [0.25, 0.3) is 22.3 Å². The molecule has 176 valence electrons. The zero-order chi connectivity index (χ0) is 24.0.